The number of phenolic OH excluding ortho intramolecular Hbond substituents is 2. The summed E-state index contributed by atoms with van der Waals surface area (Å²) >= 11 is 0. The Hall–Kier alpha value is -2.89. The third-order valence-corrected chi connectivity index (χ3v) is 5.54. The second-order valence-electron chi connectivity index (χ2n) is 7.27. The van der Waals surface area contributed by atoms with E-state index in [0.717, 1.165) is 0 Å². The van der Waals surface area contributed by atoms with Gasteiger partial charge in [-0.05, 0) is 25.5 Å². The molecule has 2 aromatic carbocycles. The molecule has 0 saturated heterocycles. The van der Waals surface area contributed by atoms with Crippen LogP contribution in [0.5, 0.6) is 17.2 Å². The normalized spacial score (nSPS) is 20.8. The molecule has 4 rings (SSSR count). The molecule has 25 heavy (non-hydrogen) atoms. The van der Waals surface area contributed by atoms with E-state index in [4.69, 9.17) is 4.74 Å². The van der Waals surface area contributed by atoms with Crippen molar-refractivity contribution >= 4 is 22.3 Å². The molecule has 1 aliphatic carbocycles. The number of aliphatic hydroxyl groups is 2. The lowest BCUT2D eigenvalue weighted by atomic mass is 9.77. The highest BCUT2D eigenvalue weighted by atomic mass is 16.5. The van der Waals surface area contributed by atoms with Gasteiger partial charge in [0.15, 0.2) is 5.76 Å². The molecule has 0 bridgehead atoms. The first kappa shape index (κ1) is 15.6. The van der Waals surface area contributed by atoms with Gasteiger partial charge in [0.25, 0.3) is 0 Å². The lowest BCUT2D eigenvalue weighted by Gasteiger charge is -2.25. The van der Waals surface area contributed by atoms with Gasteiger partial charge in [-0.25, -0.2) is 0 Å². The summed E-state index contributed by atoms with van der Waals surface area (Å²) in [6.07, 6.45) is -0.250. The summed E-state index contributed by atoms with van der Waals surface area (Å²) in [5.74, 6) is -2.61. The Morgan fingerprint density at radius 2 is 1.68 bits per heavy atom. The highest BCUT2D eigenvalue weighted by molar-refractivity contribution is 6.26. The van der Waals surface area contributed by atoms with Gasteiger partial charge < -0.3 is 25.2 Å². The lowest BCUT2D eigenvalue weighted by molar-refractivity contribution is 0.0972. The Labute approximate surface area is 143 Å². The number of aromatic hydroxyl groups is 2. The van der Waals surface area contributed by atoms with Crippen LogP contribution in [0.15, 0.2) is 11.8 Å². The Balaban J connectivity index is 2.34. The predicted molar refractivity (Wildman–Crippen MR) is 91.6 cm³/mol. The van der Waals surface area contributed by atoms with Crippen LogP contribution < -0.4 is 4.74 Å². The van der Waals surface area contributed by atoms with E-state index in [2.05, 4.69) is 0 Å². The SMILES string of the molecule is Cc1cc(O)c2c3c(c(O)c4c(c13)O[C@@H](C)C4(C)C)C(O)=C(O)C2=O. The minimum atomic E-state index is -0.895. The fraction of sp³-hybridized carbons (Fsp3) is 0.316. The van der Waals surface area contributed by atoms with E-state index in [1.807, 2.05) is 20.8 Å². The van der Waals surface area contributed by atoms with Gasteiger partial charge in [-0.1, -0.05) is 13.8 Å². The van der Waals surface area contributed by atoms with Crippen molar-refractivity contribution < 1.29 is 30.0 Å². The molecular weight excluding hydrogens is 324 g/mol. The topological polar surface area (TPSA) is 107 Å². The Morgan fingerprint density at radius 3 is 2.32 bits per heavy atom. The molecule has 0 spiro atoms. The van der Waals surface area contributed by atoms with Gasteiger partial charge in [0.1, 0.15) is 23.4 Å². The average Bonchev–Trinajstić information content (AvgIpc) is 2.74. The number of ketones is 1. The molecule has 0 aromatic heterocycles. The number of rotatable bonds is 0. The van der Waals surface area contributed by atoms with Crippen LogP contribution in [0, 0.1) is 6.92 Å². The van der Waals surface area contributed by atoms with E-state index in [1.165, 1.54) is 6.07 Å². The average molecular weight is 342 g/mol. The maximum absolute atomic E-state index is 12.4. The van der Waals surface area contributed by atoms with E-state index >= 15 is 0 Å². The first-order chi connectivity index (χ1) is 11.6. The number of aliphatic hydroxyl groups excluding tert-OH is 2. The highest BCUT2D eigenvalue weighted by Gasteiger charge is 2.46. The van der Waals surface area contributed by atoms with Crippen LogP contribution in [0.3, 0.4) is 0 Å². The highest BCUT2D eigenvalue weighted by Crippen LogP contribution is 2.57. The smallest absolute Gasteiger partial charge is 0.235 e. The minimum absolute atomic E-state index is 0.0503. The van der Waals surface area contributed by atoms with Gasteiger partial charge >= 0.3 is 0 Å². The molecule has 2 aromatic rings. The molecule has 0 unspecified atom stereocenters. The van der Waals surface area contributed by atoms with Gasteiger partial charge in [-0.15, -0.1) is 0 Å². The maximum Gasteiger partial charge on any atom is 0.235 e. The zero-order chi connectivity index (χ0) is 18.4. The van der Waals surface area contributed by atoms with E-state index in [1.54, 1.807) is 6.92 Å². The van der Waals surface area contributed by atoms with E-state index in [-0.39, 0.29) is 34.1 Å². The third-order valence-electron chi connectivity index (χ3n) is 5.54. The number of fused-ring (bicyclic) bond motifs is 2. The van der Waals surface area contributed by atoms with Crippen molar-refractivity contribution in [1.29, 1.82) is 0 Å². The second kappa shape index (κ2) is 4.39. The van der Waals surface area contributed by atoms with Crippen molar-refractivity contribution in [2.24, 2.45) is 0 Å². The first-order valence-corrected chi connectivity index (χ1v) is 7.98. The molecule has 1 atom stereocenters. The third kappa shape index (κ3) is 1.61. The zero-order valence-corrected chi connectivity index (χ0v) is 14.3. The molecule has 6 heteroatoms. The number of hydrogen-bond donors (Lipinski definition) is 4. The fourth-order valence-electron chi connectivity index (χ4n) is 3.87. The van der Waals surface area contributed by atoms with Gasteiger partial charge in [0.2, 0.25) is 11.5 Å². The number of carbonyl (C=O) groups excluding carboxylic acids is 1. The van der Waals surface area contributed by atoms with Crippen molar-refractivity contribution in [2.75, 3.05) is 0 Å². The molecule has 4 N–H and O–H groups in total. The first-order valence-electron chi connectivity index (χ1n) is 7.98. The fourth-order valence-corrected chi connectivity index (χ4v) is 3.87. The number of benzene rings is 2. The zero-order valence-electron chi connectivity index (χ0n) is 14.3. The van der Waals surface area contributed by atoms with Crippen LogP contribution in [-0.4, -0.2) is 32.3 Å². The molecule has 1 aliphatic heterocycles. The van der Waals surface area contributed by atoms with E-state index < -0.39 is 22.7 Å². The minimum Gasteiger partial charge on any atom is -0.507 e. The van der Waals surface area contributed by atoms with Crippen LogP contribution in [0.1, 0.15) is 47.8 Å². The van der Waals surface area contributed by atoms with Gasteiger partial charge in [-0.2, -0.15) is 0 Å². The molecule has 0 amide bonds. The molecule has 130 valence electrons. The van der Waals surface area contributed by atoms with Crippen LogP contribution >= 0.6 is 0 Å². The number of allylic oxidation sites excluding steroid dienone is 1. The van der Waals surface area contributed by atoms with Gasteiger partial charge in [0, 0.05) is 21.8 Å². The Morgan fingerprint density at radius 1 is 1.04 bits per heavy atom. The van der Waals surface area contributed by atoms with Crippen LogP contribution in [0.25, 0.3) is 16.5 Å². The molecule has 2 aliphatic rings. The molecule has 6 nitrogen and oxygen atoms in total. The predicted octanol–water partition coefficient (Wildman–Crippen LogP) is 3.60. The largest absolute Gasteiger partial charge is 0.507 e. The monoisotopic (exact) mass is 342 g/mol. The number of aryl methyl sites for hydroxylation is 1. The summed E-state index contributed by atoms with van der Waals surface area (Å²) in [7, 11) is 0. The standard InChI is InChI=1S/C19H18O6/c1-6-5-8(20)10-11-9(6)18-13(19(3,4)7(2)25-18)14(21)12(11)16(23)17(24)15(10)22/h5,7,20-21,23-24H,1-4H3/t7-/m0/s1. The van der Waals surface area contributed by atoms with Crippen LogP contribution in [0.2, 0.25) is 0 Å². The summed E-state index contributed by atoms with van der Waals surface area (Å²) in [4.78, 5) is 12.4. The molecule has 0 saturated carbocycles. The molecule has 1 heterocycles. The number of carbonyl (C=O) groups is 1. The van der Waals surface area contributed by atoms with Gasteiger partial charge in [0.05, 0.1) is 11.1 Å². The number of Topliss-reactive ketones (excluding diaryl/α,β-unsaturated/α-hetero) is 1. The number of phenols is 2. The van der Waals surface area contributed by atoms with Crippen LogP contribution in [-0.2, 0) is 5.41 Å². The van der Waals surface area contributed by atoms with E-state index in [9.17, 15) is 25.2 Å². The van der Waals surface area contributed by atoms with Crippen molar-refractivity contribution in [3.05, 3.63) is 34.1 Å². The summed E-state index contributed by atoms with van der Waals surface area (Å²) in [6.45, 7) is 7.44. The number of ether oxygens (including phenoxy) is 1. The molecular formula is C19H18O6. The summed E-state index contributed by atoms with van der Waals surface area (Å²) < 4.78 is 6.00. The second-order valence-corrected chi connectivity index (χ2v) is 7.27. The quantitative estimate of drug-likeness (QED) is 0.583. The molecule has 0 fully saturated rings. The maximum atomic E-state index is 12.4. The lowest BCUT2D eigenvalue weighted by Crippen LogP contribution is -2.29. The summed E-state index contributed by atoms with van der Waals surface area (Å²) in [5, 5.41) is 42.3. The number of hydrogen-bond acceptors (Lipinski definition) is 6. The Bertz CT molecular complexity index is 1030. The van der Waals surface area contributed by atoms with E-state index in [0.29, 0.717) is 22.3 Å². The summed E-state index contributed by atoms with van der Waals surface area (Å²) in [6, 6.07) is 1.42. The van der Waals surface area contributed by atoms with Crippen molar-refractivity contribution in [3.63, 3.8) is 0 Å². The summed E-state index contributed by atoms with van der Waals surface area (Å²) in [5.41, 5.74) is 0.401. The molecule has 0 radical (unpaired) electrons. The Kier molecular flexibility index (Phi) is 2.74. The van der Waals surface area contributed by atoms with Gasteiger partial charge in [-0.3, -0.25) is 4.79 Å². The van der Waals surface area contributed by atoms with Crippen LogP contribution in [0.4, 0.5) is 0 Å². The van der Waals surface area contributed by atoms with Crippen molar-refractivity contribution in [3.8, 4) is 17.2 Å². The van der Waals surface area contributed by atoms with Crippen molar-refractivity contribution in [1.82, 2.24) is 0 Å². The van der Waals surface area contributed by atoms with Crippen molar-refractivity contribution in [2.45, 2.75) is 39.2 Å².